The molecule has 0 aliphatic rings. The number of carbonyl (C=O) groups excluding carboxylic acids is 1. The van der Waals surface area contributed by atoms with Crippen molar-refractivity contribution < 1.29 is 9.53 Å². The summed E-state index contributed by atoms with van der Waals surface area (Å²) in [4.78, 5) is 16.0. The SMILES string of the molecule is Cc1cccc(OCCc2ncc(C(=O)NN)s2)c1C. The Kier molecular flexibility index (Phi) is 4.70. The first-order chi connectivity index (χ1) is 9.61. The van der Waals surface area contributed by atoms with E-state index in [1.807, 2.05) is 19.1 Å². The van der Waals surface area contributed by atoms with E-state index in [4.69, 9.17) is 10.6 Å². The van der Waals surface area contributed by atoms with Gasteiger partial charge < -0.3 is 4.74 Å². The highest BCUT2D eigenvalue weighted by Gasteiger charge is 2.09. The Morgan fingerprint density at radius 1 is 1.45 bits per heavy atom. The monoisotopic (exact) mass is 291 g/mol. The second kappa shape index (κ2) is 6.49. The first-order valence-electron chi connectivity index (χ1n) is 6.26. The molecule has 106 valence electrons. The lowest BCUT2D eigenvalue weighted by Crippen LogP contribution is -2.29. The first kappa shape index (κ1) is 14.5. The molecule has 0 radical (unpaired) electrons. The smallest absolute Gasteiger partial charge is 0.276 e. The molecule has 0 aliphatic heterocycles. The van der Waals surface area contributed by atoms with Crippen molar-refractivity contribution in [3.05, 3.63) is 45.4 Å². The third-order valence-electron chi connectivity index (χ3n) is 3.04. The summed E-state index contributed by atoms with van der Waals surface area (Å²) in [5.41, 5.74) is 4.45. The number of nitrogens with one attached hydrogen (secondary N) is 1. The van der Waals surface area contributed by atoms with Crippen molar-refractivity contribution in [2.75, 3.05) is 6.61 Å². The van der Waals surface area contributed by atoms with Gasteiger partial charge in [0.05, 0.1) is 17.8 Å². The molecule has 0 unspecified atom stereocenters. The molecule has 0 saturated carbocycles. The van der Waals surface area contributed by atoms with Crippen LogP contribution in [0.25, 0.3) is 0 Å². The minimum Gasteiger partial charge on any atom is -0.493 e. The Balaban J connectivity index is 1.91. The number of aromatic nitrogens is 1. The van der Waals surface area contributed by atoms with Gasteiger partial charge in [0.1, 0.15) is 10.6 Å². The maximum atomic E-state index is 11.3. The lowest BCUT2D eigenvalue weighted by Gasteiger charge is -2.09. The van der Waals surface area contributed by atoms with Gasteiger partial charge in [0.25, 0.3) is 5.91 Å². The maximum absolute atomic E-state index is 11.3. The molecule has 20 heavy (non-hydrogen) atoms. The Morgan fingerprint density at radius 3 is 3.00 bits per heavy atom. The highest BCUT2D eigenvalue weighted by Crippen LogP contribution is 2.21. The van der Waals surface area contributed by atoms with E-state index in [2.05, 4.69) is 23.4 Å². The first-order valence-corrected chi connectivity index (χ1v) is 7.08. The van der Waals surface area contributed by atoms with Crippen LogP contribution in [0, 0.1) is 13.8 Å². The third kappa shape index (κ3) is 3.34. The molecule has 0 fully saturated rings. The number of hydrogen-bond donors (Lipinski definition) is 2. The quantitative estimate of drug-likeness (QED) is 0.502. The standard InChI is InChI=1S/C14H17N3O2S/c1-9-4-3-5-11(10(9)2)19-7-6-13-16-8-12(20-13)14(18)17-15/h3-5,8H,6-7,15H2,1-2H3,(H,17,18). The third-order valence-corrected chi connectivity index (χ3v) is 4.09. The molecule has 1 amide bonds. The van der Waals surface area contributed by atoms with E-state index in [0.717, 1.165) is 16.3 Å². The minimum atomic E-state index is -0.316. The number of aryl methyl sites for hydroxylation is 1. The molecule has 0 spiro atoms. The average Bonchev–Trinajstić information content (AvgIpc) is 2.91. The number of thiazole rings is 1. The lowest BCUT2D eigenvalue weighted by molar-refractivity contribution is 0.0957. The molecule has 3 N–H and O–H groups in total. The van der Waals surface area contributed by atoms with Gasteiger partial charge in [0.15, 0.2) is 0 Å². The van der Waals surface area contributed by atoms with Gasteiger partial charge in [-0.25, -0.2) is 10.8 Å². The second-order valence-electron chi connectivity index (χ2n) is 4.39. The molecule has 0 saturated heterocycles. The highest BCUT2D eigenvalue weighted by molar-refractivity contribution is 7.13. The molecule has 6 heteroatoms. The number of hydrazine groups is 1. The van der Waals surface area contributed by atoms with Crippen molar-refractivity contribution in [1.82, 2.24) is 10.4 Å². The molecule has 2 rings (SSSR count). The predicted octanol–water partition coefficient (Wildman–Crippen LogP) is 1.98. The van der Waals surface area contributed by atoms with Gasteiger partial charge in [-0.15, -0.1) is 11.3 Å². The van der Waals surface area contributed by atoms with Crippen LogP contribution in [0.15, 0.2) is 24.4 Å². The Morgan fingerprint density at radius 2 is 2.25 bits per heavy atom. The van der Waals surface area contributed by atoms with Crippen LogP contribution < -0.4 is 16.0 Å². The van der Waals surface area contributed by atoms with Crippen LogP contribution in [-0.2, 0) is 6.42 Å². The molecule has 2 aromatic rings. The summed E-state index contributed by atoms with van der Waals surface area (Å²) in [5, 5.41) is 0.855. The fourth-order valence-corrected chi connectivity index (χ4v) is 2.53. The van der Waals surface area contributed by atoms with E-state index in [-0.39, 0.29) is 5.91 Å². The van der Waals surface area contributed by atoms with Crippen LogP contribution >= 0.6 is 11.3 Å². The van der Waals surface area contributed by atoms with Gasteiger partial charge in [-0.1, -0.05) is 12.1 Å². The van der Waals surface area contributed by atoms with Crippen molar-refractivity contribution in [3.8, 4) is 5.75 Å². The summed E-state index contributed by atoms with van der Waals surface area (Å²) < 4.78 is 5.76. The number of hydrogen-bond acceptors (Lipinski definition) is 5. The summed E-state index contributed by atoms with van der Waals surface area (Å²) in [6.45, 7) is 4.62. The van der Waals surface area contributed by atoms with Crippen molar-refractivity contribution >= 4 is 17.2 Å². The zero-order chi connectivity index (χ0) is 14.5. The van der Waals surface area contributed by atoms with Crippen molar-refractivity contribution in [2.24, 2.45) is 5.84 Å². The number of rotatable bonds is 5. The highest BCUT2D eigenvalue weighted by atomic mass is 32.1. The number of ether oxygens (including phenoxy) is 1. The van der Waals surface area contributed by atoms with Gasteiger partial charge in [-0.3, -0.25) is 10.2 Å². The van der Waals surface area contributed by atoms with E-state index >= 15 is 0 Å². The topological polar surface area (TPSA) is 77.2 Å². The molecule has 0 aliphatic carbocycles. The molecular formula is C14H17N3O2S. The predicted molar refractivity (Wildman–Crippen MR) is 78.9 cm³/mol. The van der Waals surface area contributed by atoms with Gasteiger partial charge >= 0.3 is 0 Å². The van der Waals surface area contributed by atoms with Crippen LogP contribution in [0.4, 0.5) is 0 Å². The molecule has 0 atom stereocenters. The normalized spacial score (nSPS) is 10.3. The fraction of sp³-hybridized carbons (Fsp3) is 0.286. The zero-order valence-corrected chi connectivity index (χ0v) is 12.3. The van der Waals surface area contributed by atoms with Crippen molar-refractivity contribution in [2.45, 2.75) is 20.3 Å². The lowest BCUT2D eigenvalue weighted by atomic mass is 10.1. The van der Waals surface area contributed by atoms with E-state index in [1.54, 1.807) is 0 Å². The van der Waals surface area contributed by atoms with Gasteiger partial charge in [0, 0.05) is 6.42 Å². The molecule has 0 bridgehead atoms. The summed E-state index contributed by atoms with van der Waals surface area (Å²) in [6, 6.07) is 5.99. The zero-order valence-electron chi connectivity index (χ0n) is 11.5. The Bertz CT molecular complexity index is 610. The van der Waals surface area contributed by atoms with Crippen LogP contribution in [0.5, 0.6) is 5.75 Å². The summed E-state index contributed by atoms with van der Waals surface area (Å²) in [5.74, 6) is 5.65. The molecule has 1 aromatic heterocycles. The number of nitrogens with zero attached hydrogens (tertiary/aromatic N) is 1. The number of amides is 1. The number of benzene rings is 1. The summed E-state index contributed by atoms with van der Waals surface area (Å²) >= 11 is 1.32. The Hall–Kier alpha value is -1.92. The summed E-state index contributed by atoms with van der Waals surface area (Å²) in [6.07, 6.45) is 2.19. The van der Waals surface area contributed by atoms with E-state index in [9.17, 15) is 4.79 Å². The van der Waals surface area contributed by atoms with Crippen LogP contribution in [0.2, 0.25) is 0 Å². The Labute approximate surface area is 121 Å². The van der Waals surface area contributed by atoms with Gasteiger partial charge in [-0.05, 0) is 31.0 Å². The maximum Gasteiger partial charge on any atom is 0.276 e. The molecule has 1 aromatic carbocycles. The number of nitrogen functional groups attached to an aromatic ring is 1. The molecule has 5 nitrogen and oxygen atoms in total. The fourth-order valence-electron chi connectivity index (χ4n) is 1.73. The van der Waals surface area contributed by atoms with Crippen molar-refractivity contribution in [1.29, 1.82) is 0 Å². The van der Waals surface area contributed by atoms with Crippen LogP contribution in [0.3, 0.4) is 0 Å². The number of carbonyl (C=O) groups is 1. The molecule has 1 heterocycles. The van der Waals surface area contributed by atoms with E-state index < -0.39 is 0 Å². The molecular weight excluding hydrogens is 274 g/mol. The van der Waals surface area contributed by atoms with Gasteiger partial charge in [0.2, 0.25) is 0 Å². The van der Waals surface area contributed by atoms with Crippen LogP contribution in [0.1, 0.15) is 25.8 Å². The van der Waals surface area contributed by atoms with E-state index in [1.165, 1.54) is 23.1 Å². The van der Waals surface area contributed by atoms with E-state index in [0.29, 0.717) is 17.9 Å². The second-order valence-corrected chi connectivity index (χ2v) is 5.50. The minimum absolute atomic E-state index is 0.316. The van der Waals surface area contributed by atoms with Crippen LogP contribution in [-0.4, -0.2) is 17.5 Å². The summed E-state index contributed by atoms with van der Waals surface area (Å²) in [7, 11) is 0. The van der Waals surface area contributed by atoms with Gasteiger partial charge in [-0.2, -0.15) is 0 Å². The number of nitrogens with two attached hydrogens (primary N) is 1. The largest absolute Gasteiger partial charge is 0.493 e. The van der Waals surface area contributed by atoms with Crippen molar-refractivity contribution in [3.63, 3.8) is 0 Å². The average molecular weight is 291 g/mol.